The molecule has 0 N–H and O–H groups in total. The van der Waals surface area contributed by atoms with Crippen molar-refractivity contribution in [2.24, 2.45) is 0 Å². The second kappa shape index (κ2) is 6.23. The minimum Gasteiger partial charge on any atom is -0.295 e. The second-order valence-electron chi connectivity index (χ2n) is 4.69. The molecular formula is C16H18N2O. The van der Waals surface area contributed by atoms with E-state index in [1.54, 1.807) is 6.92 Å². The van der Waals surface area contributed by atoms with E-state index in [1.807, 2.05) is 30.5 Å². The normalized spacial score (nSPS) is 10.4. The van der Waals surface area contributed by atoms with Gasteiger partial charge in [0.15, 0.2) is 5.78 Å². The molecule has 0 aliphatic heterocycles. The van der Waals surface area contributed by atoms with Gasteiger partial charge in [0.25, 0.3) is 0 Å². The van der Waals surface area contributed by atoms with Crippen molar-refractivity contribution in [2.75, 3.05) is 0 Å². The highest BCUT2D eigenvalue weighted by Crippen LogP contribution is 2.18. The molecule has 0 fully saturated rings. The van der Waals surface area contributed by atoms with Crippen molar-refractivity contribution in [1.29, 1.82) is 0 Å². The van der Waals surface area contributed by atoms with Crippen molar-refractivity contribution in [1.82, 2.24) is 10.2 Å². The molecule has 0 spiro atoms. The van der Waals surface area contributed by atoms with E-state index in [2.05, 4.69) is 23.2 Å². The molecule has 2 aromatic rings. The Morgan fingerprint density at radius 1 is 1.21 bits per heavy atom. The van der Waals surface area contributed by atoms with Gasteiger partial charge in [-0.25, -0.2) is 0 Å². The Morgan fingerprint density at radius 3 is 2.58 bits per heavy atom. The van der Waals surface area contributed by atoms with Gasteiger partial charge in [0.1, 0.15) is 0 Å². The van der Waals surface area contributed by atoms with E-state index < -0.39 is 0 Å². The fraction of sp³-hybridized carbons (Fsp3) is 0.312. The van der Waals surface area contributed by atoms with Crippen LogP contribution in [0, 0.1) is 0 Å². The molecule has 0 saturated heterocycles. The van der Waals surface area contributed by atoms with Crippen molar-refractivity contribution in [3.05, 3.63) is 47.7 Å². The van der Waals surface area contributed by atoms with Crippen molar-refractivity contribution in [3.63, 3.8) is 0 Å². The van der Waals surface area contributed by atoms with Crippen molar-refractivity contribution in [3.8, 4) is 11.3 Å². The van der Waals surface area contributed by atoms with Gasteiger partial charge in [-0.3, -0.25) is 4.79 Å². The van der Waals surface area contributed by atoms with Crippen LogP contribution in [0.2, 0.25) is 0 Å². The topological polar surface area (TPSA) is 42.9 Å². The number of carbonyl (C=O) groups excluding carboxylic acids is 1. The van der Waals surface area contributed by atoms with E-state index in [-0.39, 0.29) is 5.78 Å². The first kappa shape index (κ1) is 13.4. The fourth-order valence-corrected chi connectivity index (χ4v) is 1.94. The number of aromatic nitrogens is 2. The van der Waals surface area contributed by atoms with Gasteiger partial charge in [-0.1, -0.05) is 37.6 Å². The van der Waals surface area contributed by atoms with Crippen LogP contribution in [0.25, 0.3) is 11.3 Å². The Bertz CT molecular complexity index is 561. The number of rotatable bonds is 5. The lowest BCUT2D eigenvalue weighted by molar-refractivity contribution is 0.101. The van der Waals surface area contributed by atoms with E-state index in [0.717, 1.165) is 29.7 Å². The molecule has 0 bridgehead atoms. The molecule has 0 unspecified atom stereocenters. The summed E-state index contributed by atoms with van der Waals surface area (Å²) in [6.45, 7) is 3.75. The number of hydrogen-bond donors (Lipinski definition) is 0. The molecule has 0 saturated carbocycles. The molecule has 3 heteroatoms. The van der Waals surface area contributed by atoms with Gasteiger partial charge >= 0.3 is 0 Å². The van der Waals surface area contributed by atoms with Crippen molar-refractivity contribution < 1.29 is 4.79 Å². The van der Waals surface area contributed by atoms with Gasteiger partial charge in [0, 0.05) is 11.1 Å². The highest BCUT2D eigenvalue weighted by atomic mass is 16.1. The largest absolute Gasteiger partial charge is 0.295 e. The van der Waals surface area contributed by atoms with E-state index in [9.17, 15) is 4.79 Å². The Balaban J connectivity index is 2.23. The summed E-state index contributed by atoms with van der Waals surface area (Å²) in [7, 11) is 0. The van der Waals surface area contributed by atoms with Crippen LogP contribution in [0.3, 0.4) is 0 Å². The molecule has 0 amide bonds. The van der Waals surface area contributed by atoms with Crippen LogP contribution in [-0.4, -0.2) is 16.0 Å². The summed E-state index contributed by atoms with van der Waals surface area (Å²) < 4.78 is 0. The third-order valence-corrected chi connectivity index (χ3v) is 3.12. The summed E-state index contributed by atoms with van der Waals surface area (Å²) in [6, 6.07) is 9.58. The Kier molecular flexibility index (Phi) is 4.39. The molecule has 1 aromatic carbocycles. The molecule has 0 aliphatic rings. The Hall–Kier alpha value is -2.03. The van der Waals surface area contributed by atoms with Crippen LogP contribution in [0.4, 0.5) is 0 Å². The Morgan fingerprint density at radius 2 is 1.95 bits per heavy atom. The lowest BCUT2D eigenvalue weighted by Crippen LogP contribution is -1.94. The average Bonchev–Trinajstić information content (AvgIpc) is 2.45. The van der Waals surface area contributed by atoms with Crippen molar-refractivity contribution >= 4 is 5.78 Å². The van der Waals surface area contributed by atoms with Gasteiger partial charge in [-0.15, -0.1) is 0 Å². The fourth-order valence-electron chi connectivity index (χ4n) is 1.94. The number of nitrogens with zero attached hydrogens (tertiary/aromatic N) is 2. The molecule has 98 valence electrons. The standard InChI is InChI=1S/C16H18N2O/c1-3-4-5-13-10-16(18-17-11-13)15-8-6-14(7-9-15)12(2)19/h6-11H,3-5H2,1-2H3. The molecule has 1 heterocycles. The first-order chi connectivity index (χ1) is 9.20. The maximum atomic E-state index is 11.2. The lowest BCUT2D eigenvalue weighted by atomic mass is 10.0. The van der Waals surface area contributed by atoms with Gasteiger partial charge < -0.3 is 0 Å². The Labute approximate surface area is 113 Å². The SMILES string of the molecule is CCCCc1cnnc(-c2ccc(C(C)=O)cc2)c1. The van der Waals surface area contributed by atoms with Crippen LogP contribution in [0.1, 0.15) is 42.6 Å². The van der Waals surface area contributed by atoms with E-state index in [4.69, 9.17) is 0 Å². The molecule has 1 aromatic heterocycles. The zero-order valence-electron chi connectivity index (χ0n) is 11.4. The second-order valence-corrected chi connectivity index (χ2v) is 4.69. The predicted octanol–water partition coefficient (Wildman–Crippen LogP) is 3.69. The minimum atomic E-state index is 0.0781. The summed E-state index contributed by atoms with van der Waals surface area (Å²) in [5, 5.41) is 8.21. The molecule has 19 heavy (non-hydrogen) atoms. The number of benzene rings is 1. The molecular weight excluding hydrogens is 236 g/mol. The minimum absolute atomic E-state index is 0.0781. The number of ketones is 1. The lowest BCUT2D eigenvalue weighted by Gasteiger charge is -2.04. The summed E-state index contributed by atoms with van der Waals surface area (Å²) in [5.74, 6) is 0.0781. The van der Waals surface area contributed by atoms with Crippen LogP contribution < -0.4 is 0 Å². The highest BCUT2D eigenvalue weighted by molar-refractivity contribution is 5.94. The number of hydrogen-bond acceptors (Lipinski definition) is 3. The van der Waals surface area contributed by atoms with Crippen molar-refractivity contribution in [2.45, 2.75) is 33.1 Å². The zero-order valence-corrected chi connectivity index (χ0v) is 11.4. The third kappa shape index (κ3) is 3.47. The third-order valence-electron chi connectivity index (χ3n) is 3.12. The predicted molar refractivity (Wildman–Crippen MR) is 76.1 cm³/mol. The van der Waals surface area contributed by atoms with E-state index in [0.29, 0.717) is 0 Å². The van der Waals surface area contributed by atoms with Gasteiger partial charge in [0.05, 0.1) is 11.9 Å². The van der Waals surface area contributed by atoms with Gasteiger partial charge in [0.2, 0.25) is 0 Å². The van der Waals surface area contributed by atoms with Crippen LogP contribution >= 0.6 is 0 Å². The molecule has 0 radical (unpaired) electrons. The first-order valence-electron chi connectivity index (χ1n) is 6.63. The number of carbonyl (C=O) groups is 1. The first-order valence-corrected chi connectivity index (χ1v) is 6.63. The maximum absolute atomic E-state index is 11.2. The van der Waals surface area contributed by atoms with Crippen LogP contribution in [0.15, 0.2) is 36.5 Å². The summed E-state index contributed by atoms with van der Waals surface area (Å²) in [4.78, 5) is 11.2. The monoisotopic (exact) mass is 254 g/mol. The van der Waals surface area contributed by atoms with Crippen LogP contribution in [-0.2, 0) is 6.42 Å². The summed E-state index contributed by atoms with van der Waals surface area (Å²) in [6.07, 6.45) is 5.19. The van der Waals surface area contributed by atoms with Gasteiger partial charge in [-0.05, 0) is 31.4 Å². The van der Waals surface area contributed by atoms with Gasteiger partial charge in [-0.2, -0.15) is 10.2 Å². The van der Waals surface area contributed by atoms with E-state index >= 15 is 0 Å². The number of Topliss-reactive ketones (excluding diaryl/α,β-unsaturated/α-hetero) is 1. The average molecular weight is 254 g/mol. The highest BCUT2D eigenvalue weighted by Gasteiger charge is 2.04. The maximum Gasteiger partial charge on any atom is 0.159 e. The quantitative estimate of drug-likeness (QED) is 0.764. The zero-order chi connectivity index (χ0) is 13.7. The molecule has 2 rings (SSSR count). The summed E-state index contributed by atoms with van der Waals surface area (Å²) >= 11 is 0. The molecule has 0 atom stereocenters. The number of aryl methyl sites for hydroxylation is 1. The summed E-state index contributed by atoms with van der Waals surface area (Å²) in [5.41, 5.74) is 3.79. The number of unbranched alkanes of at least 4 members (excludes halogenated alkanes) is 1. The smallest absolute Gasteiger partial charge is 0.159 e. The molecule has 0 aliphatic carbocycles. The van der Waals surface area contributed by atoms with Crippen LogP contribution in [0.5, 0.6) is 0 Å². The molecule has 3 nitrogen and oxygen atoms in total. The van der Waals surface area contributed by atoms with E-state index in [1.165, 1.54) is 12.0 Å².